The molecule has 2 heterocycles. The molecule has 62 heavy (non-hydrogen) atoms. The molecule has 19 nitrogen and oxygen atoms in total. The van der Waals surface area contributed by atoms with Crippen LogP contribution >= 0.6 is 23.2 Å². The highest BCUT2D eigenvalue weighted by atomic mass is 35.5. The smallest absolute Gasteiger partial charge is 0.534 e. The Kier molecular flexibility index (Phi) is 17.6. The van der Waals surface area contributed by atoms with Crippen molar-refractivity contribution >= 4 is 79.0 Å². The maximum Gasteiger partial charge on any atom is 0.552 e. The Morgan fingerprint density at radius 2 is 1.65 bits per heavy atom. The first-order chi connectivity index (χ1) is 29.3. The van der Waals surface area contributed by atoms with E-state index >= 15 is 0 Å². The molecule has 1 fully saturated rings. The maximum atomic E-state index is 13.8. The topological polar surface area (TPSA) is 282 Å². The van der Waals surface area contributed by atoms with E-state index in [4.69, 9.17) is 37.2 Å². The number of amides is 4. The first-order valence-corrected chi connectivity index (χ1v) is 20.2. The van der Waals surface area contributed by atoms with E-state index in [1.807, 2.05) is 13.8 Å². The largest absolute Gasteiger partial charge is 0.552 e. The summed E-state index contributed by atoms with van der Waals surface area (Å²) in [6.07, 6.45) is 2.41. The second kappa shape index (κ2) is 22.4. The van der Waals surface area contributed by atoms with Crippen molar-refractivity contribution in [3.05, 3.63) is 87.9 Å². The SMILES string of the molecule is CC(C)C[C@H](NC(=O)[C@H](Cc1ccccc1)NC(=O)c1cnccn1)B(O)Oc1cc(Cl)cc(C(=O)NCC(=O)N[C@@H](CC(C)C)B2OC(=O)CC(CC(=O)O)(C(=O)O)O2)c1Cl. The molecule has 330 valence electrons. The fourth-order valence-corrected chi connectivity index (χ4v) is 6.89. The average molecular weight is 899 g/mol. The van der Waals surface area contributed by atoms with E-state index in [0.717, 1.165) is 5.56 Å². The lowest BCUT2D eigenvalue weighted by Gasteiger charge is -2.37. The molecule has 0 aliphatic carbocycles. The van der Waals surface area contributed by atoms with Crippen LogP contribution < -0.4 is 25.9 Å². The second-order valence-electron chi connectivity index (χ2n) is 15.3. The van der Waals surface area contributed by atoms with Crippen LogP contribution in [0, 0.1) is 11.8 Å². The van der Waals surface area contributed by atoms with Crippen molar-refractivity contribution in [2.45, 2.75) is 83.3 Å². The molecule has 1 unspecified atom stereocenters. The third-order valence-corrected chi connectivity index (χ3v) is 9.86. The van der Waals surface area contributed by atoms with Crippen molar-refractivity contribution in [1.29, 1.82) is 0 Å². The number of aromatic nitrogens is 2. The number of hydrogen-bond acceptors (Lipinski definition) is 13. The zero-order valence-corrected chi connectivity index (χ0v) is 35.6. The number of carbonyl (C=O) groups is 7. The van der Waals surface area contributed by atoms with Crippen molar-refractivity contribution in [2.75, 3.05) is 6.54 Å². The third-order valence-electron chi connectivity index (χ3n) is 9.25. The van der Waals surface area contributed by atoms with Gasteiger partial charge in [-0.2, -0.15) is 0 Å². The van der Waals surface area contributed by atoms with E-state index in [9.17, 15) is 48.8 Å². The summed E-state index contributed by atoms with van der Waals surface area (Å²) in [5.74, 6) is -10.1. The number of nitrogens with zero attached hydrogens (tertiary/aromatic N) is 2. The van der Waals surface area contributed by atoms with Gasteiger partial charge in [-0.1, -0.05) is 81.2 Å². The van der Waals surface area contributed by atoms with Crippen LogP contribution in [0.15, 0.2) is 61.1 Å². The molecule has 1 aliphatic heterocycles. The predicted molar refractivity (Wildman–Crippen MR) is 224 cm³/mol. The van der Waals surface area contributed by atoms with Gasteiger partial charge in [0, 0.05) is 23.8 Å². The minimum atomic E-state index is -2.45. The maximum absolute atomic E-state index is 13.8. The van der Waals surface area contributed by atoms with Gasteiger partial charge in [0.1, 0.15) is 17.5 Å². The fraction of sp³-hybridized carbons (Fsp3) is 0.410. The zero-order chi connectivity index (χ0) is 45.7. The Hall–Kier alpha value is -5.76. The lowest BCUT2D eigenvalue weighted by molar-refractivity contribution is -0.175. The molecular weight excluding hydrogens is 853 g/mol. The van der Waals surface area contributed by atoms with E-state index in [1.54, 1.807) is 44.2 Å². The van der Waals surface area contributed by atoms with Gasteiger partial charge in [-0.05, 0) is 42.4 Å². The van der Waals surface area contributed by atoms with Gasteiger partial charge < -0.3 is 50.5 Å². The quantitative estimate of drug-likeness (QED) is 0.0756. The molecule has 0 spiro atoms. The van der Waals surface area contributed by atoms with E-state index in [1.165, 1.54) is 30.7 Å². The number of rotatable bonds is 21. The second-order valence-corrected chi connectivity index (χ2v) is 16.1. The lowest BCUT2D eigenvalue weighted by Crippen LogP contribution is -2.61. The Morgan fingerprint density at radius 3 is 2.26 bits per heavy atom. The molecule has 0 radical (unpaired) electrons. The standard InChI is InChI=1S/C39H46B2Cl2N6O13/c1-21(2)12-29(49-36(55)26(14-23-8-6-5-7-9-23)47-37(56)27-19-44-10-11-45-27)40(59)60-28-16-24(42)15-25(34(28)43)35(54)46-20-31(50)48-30(13-22(3)4)41-61-33(53)18-39(62-41,38(57)58)17-32(51)52/h5-11,15-16,19,21-22,26,29-30,59H,12-14,17-18,20H2,1-4H3,(H,46,54)(H,47,56)(H,48,50)(H,49,55)(H,51,52)(H,57,58)/t26-,29-,30-,39?/m0/s1. The number of carboxylic acids is 2. The predicted octanol–water partition coefficient (Wildman–Crippen LogP) is 2.30. The van der Waals surface area contributed by atoms with Crippen LogP contribution in [0.1, 0.15) is 79.8 Å². The molecule has 1 aromatic heterocycles. The number of aliphatic carboxylic acids is 2. The molecule has 0 saturated carbocycles. The van der Waals surface area contributed by atoms with E-state index in [2.05, 4.69) is 31.2 Å². The van der Waals surface area contributed by atoms with Crippen molar-refractivity contribution in [1.82, 2.24) is 31.2 Å². The molecule has 23 heteroatoms. The zero-order valence-electron chi connectivity index (χ0n) is 34.1. The molecule has 1 aliphatic rings. The highest BCUT2D eigenvalue weighted by Gasteiger charge is 2.54. The van der Waals surface area contributed by atoms with Gasteiger partial charge in [0.05, 0.1) is 48.1 Å². The molecule has 0 bridgehead atoms. The summed E-state index contributed by atoms with van der Waals surface area (Å²) in [6.45, 7) is 6.52. The summed E-state index contributed by atoms with van der Waals surface area (Å²) in [5.41, 5.74) is -2.00. The number of halogens is 2. The van der Waals surface area contributed by atoms with Crippen LogP contribution in [0.2, 0.25) is 10.0 Å². The van der Waals surface area contributed by atoms with Crippen molar-refractivity contribution in [3.8, 4) is 5.75 Å². The van der Waals surface area contributed by atoms with Crippen molar-refractivity contribution in [2.24, 2.45) is 11.8 Å². The van der Waals surface area contributed by atoms with Crippen LogP contribution in [0.4, 0.5) is 0 Å². The van der Waals surface area contributed by atoms with Gasteiger partial charge in [-0.15, -0.1) is 0 Å². The molecule has 4 amide bonds. The molecule has 4 atom stereocenters. The molecule has 3 aromatic rings. The monoisotopic (exact) mass is 898 g/mol. The normalized spacial score (nSPS) is 16.3. The third kappa shape index (κ3) is 14.1. The molecule has 7 N–H and O–H groups in total. The van der Waals surface area contributed by atoms with E-state index < -0.39 is 98.7 Å². The van der Waals surface area contributed by atoms with Crippen LogP contribution in [-0.4, -0.2) is 111 Å². The highest BCUT2D eigenvalue weighted by Crippen LogP contribution is 2.33. The minimum Gasteiger partial charge on any atom is -0.534 e. The van der Waals surface area contributed by atoms with Gasteiger partial charge in [0.25, 0.3) is 17.8 Å². The summed E-state index contributed by atoms with van der Waals surface area (Å²) in [4.78, 5) is 97.4. The van der Waals surface area contributed by atoms with Crippen molar-refractivity contribution in [3.63, 3.8) is 0 Å². The summed E-state index contributed by atoms with van der Waals surface area (Å²) in [5, 5.41) is 40.5. The molecule has 4 rings (SSSR count). The average Bonchev–Trinajstić information content (AvgIpc) is 3.20. The van der Waals surface area contributed by atoms with Crippen LogP contribution in [0.25, 0.3) is 0 Å². The first-order valence-electron chi connectivity index (χ1n) is 19.4. The first kappa shape index (κ1) is 48.9. The lowest BCUT2D eigenvalue weighted by atomic mass is 9.70. The van der Waals surface area contributed by atoms with Gasteiger partial charge >= 0.3 is 26.2 Å². The van der Waals surface area contributed by atoms with Crippen LogP contribution in [0.3, 0.4) is 0 Å². The van der Waals surface area contributed by atoms with Gasteiger partial charge in [0.15, 0.2) is 5.60 Å². The van der Waals surface area contributed by atoms with Crippen molar-refractivity contribution < 1.29 is 62.8 Å². The number of hydrogen-bond donors (Lipinski definition) is 7. The number of carbonyl (C=O) groups excluding carboxylic acids is 5. The summed E-state index contributed by atoms with van der Waals surface area (Å²) in [7, 11) is -3.44. The van der Waals surface area contributed by atoms with Crippen LogP contribution in [0.5, 0.6) is 5.75 Å². The molecular formula is C39H46B2Cl2N6O13. The highest BCUT2D eigenvalue weighted by molar-refractivity contribution is 6.50. The summed E-state index contributed by atoms with van der Waals surface area (Å²) in [6, 6.07) is 10.2. The van der Waals surface area contributed by atoms with Crippen LogP contribution in [-0.2, 0) is 39.7 Å². The Bertz CT molecular complexity index is 2100. The fourth-order valence-electron chi connectivity index (χ4n) is 6.44. The van der Waals surface area contributed by atoms with Gasteiger partial charge in [0.2, 0.25) is 11.8 Å². The summed E-state index contributed by atoms with van der Waals surface area (Å²) >= 11 is 12.9. The molecule has 2 aromatic carbocycles. The molecule has 1 saturated heterocycles. The minimum absolute atomic E-state index is 0.0173. The van der Waals surface area contributed by atoms with E-state index in [-0.39, 0.29) is 58.2 Å². The Labute approximate surface area is 367 Å². The van der Waals surface area contributed by atoms with Gasteiger partial charge in [-0.3, -0.25) is 33.8 Å². The Balaban J connectivity index is 1.47. The number of benzene rings is 2. The van der Waals surface area contributed by atoms with Gasteiger partial charge in [-0.25, -0.2) is 9.78 Å². The number of carboxylic acid groups (broad SMARTS) is 2. The summed E-state index contributed by atoms with van der Waals surface area (Å²) < 4.78 is 16.5. The Morgan fingerprint density at radius 1 is 0.952 bits per heavy atom. The van der Waals surface area contributed by atoms with E-state index in [0.29, 0.717) is 0 Å². The number of nitrogens with one attached hydrogen (secondary N) is 4.